The molecular formula is C30H35F3N6O2. The van der Waals surface area contributed by atoms with E-state index in [-0.39, 0.29) is 17.5 Å². The van der Waals surface area contributed by atoms with Crippen LogP contribution in [0.5, 0.6) is 0 Å². The van der Waals surface area contributed by atoms with E-state index in [4.69, 9.17) is 4.74 Å². The van der Waals surface area contributed by atoms with E-state index in [0.717, 1.165) is 67.4 Å². The number of likely N-dealkylation sites (tertiary alicyclic amines) is 1. The van der Waals surface area contributed by atoms with Gasteiger partial charge in [-0.15, -0.1) is 10.2 Å². The molecule has 0 bridgehead atoms. The van der Waals surface area contributed by atoms with Crippen LogP contribution in [0.25, 0.3) is 11.2 Å². The van der Waals surface area contributed by atoms with Crippen molar-refractivity contribution >= 4 is 5.52 Å². The molecule has 2 fully saturated rings. The van der Waals surface area contributed by atoms with Crippen LogP contribution in [0, 0.1) is 5.92 Å². The normalized spacial score (nSPS) is 19.8. The van der Waals surface area contributed by atoms with Crippen molar-refractivity contribution in [2.45, 2.75) is 63.3 Å². The van der Waals surface area contributed by atoms with Gasteiger partial charge in [0, 0.05) is 45.6 Å². The minimum Gasteiger partial charge on any atom is -0.381 e. The van der Waals surface area contributed by atoms with Gasteiger partial charge in [0.15, 0.2) is 0 Å². The maximum Gasteiger partial charge on any atom is 0.418 e. The molecule has 1 saturated carbocycles. The van der Waals surface area contributed by atoms with Crippen molar-refractivity contribution in [2.75, 3.05) is 20.2 Å². The maximum absolute atomic E-state index is 14.3. The minimum atomic E-state index is -4.61. The second-order valence-electron chi connectivity index (χ2n) is 11.4. The Morgan fingerprint density at radius 2 is 1.90 bits per heavy atom. The number of alkyl halides is 3. The first-order valence-electron chi connectivity index (χ1n) is 14.3. The number of halogens is 3. The summed E-state index contributed by atoms with van der Waals surface area (Å²) in [6, 6.07) is 8.70. The van der Waals surface area contributed by atoms with Crippen LogP contribution in [-0.4, -0.2) is 54.9 Å². The van der Waals surface area contributed by atoms with E-state index in [9.17, 15) is 18.0 Å². The lowest BCUT2D eigenvalue weighted by molar-refractivity contribution is -0.136. The van der Waals surface area contributed by atoms with E-state index in [2.05, 4.69) is 15.1 Å². The lowest BCUT2D eigenvalue weighted by atomic mass is 9.72. The van der Waals surface area contributed by atoms with Gasteiger partial charge in [-0.05, 0) is 73.9 Å². The molecule has 0 radical (unpaired) electrons. The largest absolute Gasteiger partial charge is 0.418 e. The highest BCUT2D eigenvalue weighted by molar-refractivity contribution is 5.58. The third-order valence-corrected chi connectivity index (χ3v) is 8.79. The number of hydrogen-bond acceptors (Lipinski definition) is 5. The second kappa shape index (κ2) is 11.1. The topological polar surface area (TPSA) is 69.6 Å². The molecule has 6 rings (SSSR count). The van der Waals surface area contributed by atoms with Gasteiger partial charge in [-0.1, -0.05) is 18.6 Å². The molecule has 4 aromatic rings. The number of pyridine rings is 1. The average molecular weight is 569 g/mol. The van der Waals surface area contributed by atoms with Crippen LogP contribution in [0.15, 0.2) is 53.8 Å². The van der Waals surface area contributed by atoms with Gasteiger partial charge in [0.25, 0.3) is 0 Å². The second-order valence-corrected chi connectivity index (χ2v) is 11.4. The third kappa shape index (κ3) is 5.44. The number of aromatic nitrogens is 5. The zero-order chi connectivity index (χ0) is 28.7. The molecule has 41 heavy (non-hydrogen) atoms. The number of nitrogens with zero attached hydrogens (tertiary/aromatic N) is 6. The Kier molecular flexibility index (Phi) is 7.50. The molecule has 1 aliphatic heterocycles. The molecule has 0 amide bonds. The SMILES string of the molecule is COC1CCCN(Cc2cc(C(F)(F)F)c3cn(-c4cccc([C@H](c5nncn5C)C5CCC5)c4)c(=O)n3c2)CC1. The fourth-order valence-electron chi connectivity index (χ4n) is 6.37. The van der Waals surface area contributed by atoms with E-state index in [1.54, 1.807) is 25.7 Å². The number of aryl methyl sites for hydroxylation is 1. The first-order valence-corrected chi connectivity index (χ1v) is 14.3. The van der Waals surface area contributed by atoms with Crippen LogP contribution in [-0.2, 0) is 24.5 Å². The highest BCUT2D eigenvalue weighted by Crippen LogP contribution is 2.43. The van der Waals surface area contributed by atoms with Gasteiger partial charge in [0.2, 0.25) is 0 Å². The first kappa shape index (κ1) is 27.7. The van der Waals surface area contributed by atoms with Crippen LogP contribution in [0.2, 0.25) is 0 Å². The summed E-state index contributed by atoms with van der Waals surface area (Å²) < 4.78 is 52.8. The van der Waals surface area contributed by atoms with Crippen molar-refractivity contribution < 1.29 is 17.9 Å². The number of benzene rings is 1. The zero-order valence-corrected chi connectivity index (χ0v) is 23.3. The summed E-state index contributed by atoms with van der Waals surface area (Å²) in [6.45, 7) is 1.84. The lowest BCUT2D eigenvalue weighted by Gasteiger charge is -2.33. The average Bonchev–Trinajstić information content (AvgIpc) is 3.40. The highest BCUT2D eigenvalue weighted by atomic mass is 19.4. The molecule has 0 spiro atoms. The molecule has 8 nitrogen and oxygen atoms in total. The van der Waals surface area contributed by atoms with Crippen molar-refractivity contribution in [3.8, 4) is 5.69 Å². The molecule has 1 aliphatic carbocycles. The molecule has 2 atom stereocenters. The summed E-state index contributed by atoms with van der Waals surface area (Å²) in [5.74, 6) is 1.23. The maximum atomic E-state index is 14.3. The lowest BCUT2D eigenvalue weighted by Crippen LogP contribution is -2.26. The molecule has 2 aliphatic rings. The van der Waals surface area contributed by atoms with E-state index in [1.165, 1.54) is 16.8 Å². The number of hydrogen-bond donors (Lipinski definition) is 0. The molecule has 1 unspecified atom stereocenters. The molecule has 1 aromatic carbocycles. The van der Waals surface area contributed by atoms with E-state index < -0.39 is 17.4 Å². The summed E-state index contributed by atoms with van der Waals surface area (Å²) in [7, 11) is 3.60. The van der Waals surface area contributed by atoms with E-state index in [1.807, 2.05) is 29.8 Å². The summed E-state index contributed by atoms with van der Waals surface area (Å²) in [5, 5.41) is 8.43. The molecule has 3 aromatic heterocycles. The molecule has 11 heteroatoms. The molecule has 1 saturated heterocycles. The highest BCUT2D eigenvalue weighted by Gasteiger charge is 2.35. The number of fused-ring (bicyclic) bond motifs is 1. The number of ether oxygens (including phenoxy) is 1. The number of imidazole rings is 1. The Hall–Kier alpha value is -3.44. The summed E-state index contributed by atoms with van der Waals surface area (Å²) in [6.07, 6.45) is 6.05. The quantitative estimate of drug-likeness (QED) is 0.308. The van der Waals surface area contributed by atoms with Gasteiger partial charge in [0.1, 0.15) is 12.2 Å². The minimum absolute atomic E-state index is 0.00685. The summed E-state index contributed by atoms with van der Waals surface area (Å²) in [4.78, 5) is 15.8. The van der Waals surface area contributed by atoms with Crippen LogP contribution >= 0.6 is 0 Å². The van der Waals surface area contributed by atoms with Gasteiger partial charge >= 0.3 is 11.9 Å². The molecule has 0 N–H and O–H groups in total. The van der Waals surface area contributed by atoms with Crippen molar-refractivity contribution in [3.63, 3.8) is 0 Å². The van der Waals surface area contributed by atoms with Crippen LogP contribution in [0.4, 0.5) is 13.2 Å². The van der Waals surface area contributed by atoms with Crippen molar-refractivity contribution in [3.05, 3.63) is 82.1 Å². The predicted octanol–water partition coefficient (Wildman–Crippen LogP) is 5.17. The zero-order valence-electron chi connectivity index (χ0n) is 23.3. The van der Waals surface area contributed by atoms with Crippen molar-refractivity contribution in [1.29, 1.82) is 0 Å². The Balaban J connectivity index is 1.39. The van der Waals surface area contributed by atoms with E-state index >= 15 is 0 Å². The fourth-order valence-corrected chi connectivity index (χ4v) is 6.37. The van der Waals surface area contributed by atoms with Crippen LogP contribution in [0.1, 0.15) is 67.0 Å². The summed E-state index contributed by atoms with van der Waals surface area (Å²) in [5.41, 5.74) is 0.460. The Labute approximate surface area is 236 Å². The predicted molar refractivity (Wildman–Crippen MR) is 148 cm³/mol. The number of rotatable bonds is 7. The van der Waals surface area contributed by atoms with Gasteiger partial charge in [-0.2, -0.15) is 13.2 Å². The standard InChI is InChI=1S/C30H35F3N6O2/c1-36-19-34-35-28(36)27(21-6-3-7-21)22-8-4-9-23(15-22)38-18-26-25(30(31,32)33)14-20(17-39(26)29(38)40)16-37-12-5-10-24(41-2)11-13-37/h4,8-9,14-15,17-19,21,24,27H,3,5-7,10-13,16H2,1-2H3/t24?,27-/m1/s1. The molecule has 218 valence electrons. The van der Waals surface area contributed by atoms with Gasteiger partial charge in [-0.3, -0.25) is 13.9 Å². The van der Waals surface area contributed by atoms with E-state index in [0.29, 0.717) is 23.7 Å². The Morgan fingerprint density at radius 3 is 2.59 bits per heavy atom. The van der Waals surface area contributed by atoms with Crippen molar-refractivity contribution in [1.82, 2.24) is 28.6 Å². The summed E-state index contributed by atoms with van der Waals surface area (Å²) >= 11 is 0. The molecule has 4 heterocycles. The third-order valence-electron chi connectivity index (χ3n) is 8.79. The number of methoxy groups -OCH3 is 1. The van der Waals surface area contributed by atoms with Gasteiger partial charge < -0.3 is 9.30 Å². The molecular weight excluding hydrogens is 533 g/mol. The fraction of sp³-hybridized carbons (Fsp3) is 0.500. The Bertz CT molecular complexity index is 1590. The smallest absolute Gasteiger partial charge is 0.381 e. The Morgan fingerprint density at radius 1 is 1.07 bits per heavy atom. The van der Waals surface area contributed by atoms with Crippen LogP contribution < -0.4 is 5.69 Å². The monoisotopic (exact) mass is 568 g/mol. The van der Waals surface area contributed by atoms with Crippen molar-refractivity contribution in [2.24, 2.45) is 13.0 Å². The van der Waals surface area contributed by atoms with Crippen LogP contribution in [0.3, 0.4) is 0 Å². The van der Waals surface area contributed by atoms with Gasteiger partial charge in [0.05, 0.1) is 22.9 Å². The van der Waals surface area contributed by atoms with Gasteiger partial charge in [-0.25, -0.2) is 4.79 Å². The first-order chi connectivity index (χ1) is 19.7.